The van der Waals surface area contributed by atoms with Crippen LogP contribution in [0.15, 0.2) is 14.3 Å². The summed E-state index contributed by atoms with van der Waals surface area (Å²) in [6.07, 6.45) is 1.51. The molecule has 1 aromatic heterocycles. The Hall–Kier alpha value is -0.870. The first kappa shape index (κ1) is 15.5. The first-order valence-electron chi connectivity index (χ1n) is 4.80. The van der Waals surface area contributed by atoms with E-state index in [2.05, 4.69) is 25.7 Å². The number of benzene rings is 1. The third-order valence-corrected chi connectivity index (χ3v) is 4.47. The predicted molar refractivity (Wildman–Crippen MR) is 67.4 cm³/mol. The van der Waals surface area contributed by atoms with Crippen molar-refractivity contribution in [2.75, 3.05) is 5.94 Å². The van der Waals surface area contributed by atoms with E-state index in [0.717, 1.165) is 15.5 Å². The Bertz CT molecular complexity index is 622. The molecule has 0 fully saturated rings. The first-order chi connectivity index (χ1) is 9.41. The minimum atomic E-state index is -2.22. The van der Waals surface area contributed by atoms with E-state index in [1.54, 1.807) is 0 Å². The number of halogens is 6. The van der Waals surface area contributed by atoms with Crippen LogP contribution in [0.2, 0.25) is 0 Å². The molecule has 1 aromatic carbocycles. The largest absolute Gasteiger partial charge is 0.476 e. The Morgan fingerprint density at radius 3 is 2.10 bits per heavy atom. The van der Waals surface area contributed by atoms with Crippen LogP contribution in [-0.2, 0) is 0 Å². The fourth-order valence-corrected chi connectivity index (χ4v) is 3.47. The zero-order valence-electron chi connectivity index (χ0n) is 9.22. The van der Waals surface area contributed by atoms with Gasteiger partial charge in [-0.15, -0.1) is 11.3 Å². The fraction of sp³-hybridized carbons (Fsp3) is 0.100. The summed E-state index contributed by atoms with van der Waals surface area (Å²) >= 11 is 5.35. The molecule has 10 heteroatoms. The molecule has 1 heterocycles. The molecule has 2 nitrogen and oxygen atoms in total. The molecule has 20 heavy (non-hydrogen) atoms. The van der Waals surface area contributed by atoms with E-state index in [1.165, 1.54) is 17.5 Å². The summed E-state index contributed by atoms with van der Waals surface area (Å²) in [5.74, 6) is -11.9. The predicted octanol–water partition coefficient (Wildman–Crippen LogP) is 4.73. The second kappa shape index (κ2) is 6.27. The van der Waals surface area contributed by atoms with Crippen molar-refractivity contribution in [1.82, 2.24) is 4.98 Å². The number of hydrogen-bond acceptors (Lipinski definition) is 4. The van der Waals surface area contributed by atoms with Gasteiger partial charge in [-0.1, -0.05) is 11.8 Å². The van der Waals surface area contributed by atoms with Gasteiger partial charge in [0.05, 0.1) is 9.98 Å². The fourth-order valence-electron chi connectivity index (χ4n) is 1.16. The number of rotatable bonds is 4. The molecular weight excluding hydrogens is 389 g/mol. The third kappa shape index (κ3) is 3.07. The van der Waals surface area contributed by atoms with Crippen LogP contribution in [0.25, 0.3) is 0 Å². The van der Waals surface area contributed by atoms with Crippen LogP contribution in [0.4, 0.5) is 22.0 Å². The van der Waals surface area contributed by atoms with Crippen molar-refractivity contribution < 1.29 is 26.7 Å². The topological polar surface area (TPSA) is 22.1 Å². The number of thioether (sulfide) groups is 1. The standard InChI is InChI=1S/C10H3BrF5NOS2/c11-3-1-17-10(20-3)19-2-18-9-7(15)5(13)4(12)6(14)8(9)16/h1H,2H2. The molecule has 0 saturated heterocycles. The van der Waals surface area contributed by atoms with Gasteiger partial charge in [-0.05, 0) is 15.9 Å². The molecule has 0 amide bonds. The third-order valence-electron chi connectivity index (χ3n) is 2.01. The average molecular weight is 392 g/mol. The Morgan fingerprint density at radius 2 is 1.60 bits per heavy atom. The number of nitrogens with zero attached hydrogens (tertiary/aromatic N) is 1. The summed E-state index contributed by atoms with van der Waals surface area (Å²) in [5, 5.41) is 0. The minimum Gasteiger partial charge on any atom is -0.476 e. The van der Waals surface area contributed by atoms with Gasteiger partial charge < -0.3 is 4.74 Å². The van der Waals surface area contributed by atoms with Crippen LogP contribution in [0.5, 0.6) is 5.75 Å². The molecule has 0 saturated carbocycles. The average Bonchev–Trinajstić information content (AvgIpc) is 2.84. The lowest BCUT2D eigenvalue weighted by Gasteiger charge is -2.09. The summed E-state index contributed by atoms with van der Waals surface area (Å²) in [6.45, 7) is 0. The van der Waals surface area contributed by atoms with E-state index in [0.29, 0.717) is 4.34 Å². The van der Waals surface area contributed by atoms with Crippen molar-refractivity contribution >= 4 is 39.0 Å². The van der Waals surface area contributed by atoms with Gasteiger partial charge in [-0.25, -0.2) is 18.2 Å². The van der Waals surface area contributed by atoms with Crippen molar-refractivity contribution in [2.45, 2.75) is 4.34 Å². The zero-order chi connectivity index (χ0) is 14.9. The van der Waals surface area contributed by atoms with E-state index in [-0.39, 0.29) is 5.94 Å². The maximum absolute atomic E-state index is 13.3. The van der Waals surface area contributed by atoms with E-state index in [4.69, 9.17) is 0 Å². The lowest BCUT2D eigenvalue weighted by Crippen LogP contribution is -2.06. The van der Waals surface area contributed by atoms with Gasteiger partial charge in [0.25, 0.3) is 0 Å². The Morgan fingerprint density at radius 1 is 1.05 bits per heavy atom. The quantitative estimate of drug-likeness (QED) is 0.247. The Kier molecular flexibility index (Phi) is 4.86. The molecule has 2 rings (SSSR count). The van der Waals surface area contributed by atoms with Crippen molar-refractivity contribution in [1.29, 1.82) is 0 Å². The van der Waals surface area contributed by atoms with Crippen molar-refractivity contribution in [3.05, 3.63) is 39.1 Å². The van der Waals surface area contributed by atoms with Gasteiger partial charge in [0.2, 0.25) is 29.1 Å². The SMILES string of the molecule is Fc1c(F)c(F)c(OCSc2ncc(Br)s2)c(F)c1F. The zero-order valence-corrected chi connectivity index (χ0v) is 12.4. The molecule has 0 atom stereocenters. The minimum absolute atomic E-state index is 0.349. The second-order valence-corrected chi connectivity index (χ2v) is 6.82. The summed E-state index contributed by atoms with van der Waals surface area (Å²) in [4.78, 5) is 3.90. The number of hydrogen-bond donors (Lipinski definition) is 0. The highest BCUT2D eigenvalue weighted by Gasteiger charge is 2.27. The van der Waals surface area contributed by atoms with Crippen molar-refractivity contribution in [2.24, 2.45) is 0 Å². The lowest BCUT2D eigenvalue weighted by atomic mass is 10.3. The highest BCUT2D eigenvalue weighted by atomic mass is 79.9. The van der Waals surface area contributed by atoms with Gasteiger partial charge in [0.15, 0.2) is 10.1 Å². The molecule has 0 aliphatic carbocycles. The molecular formula is C10H3BrF5NOS2. The number of ether oxygens (including phenoxy) is 1. The molecule has 0 N–H and O–H groups in total. The van der Waals surface area contributed by atoms with Gasteiger partial charge in [-0.3, -0.25) is 0 Å². The van der Waals surface area contributed by atoms with E-state index in [1.807, 2.05) is 0 Å². The van der Waals surface area contributed by atoms with Crippen LogP contribution >= 0.6 is 39.0 Å². The summed E-state index contributed by atoms with van der Waals surface area (Å²) < 4.78 is 70.9. The van der Waals surface area contributed by atoms with Crippen molar-refractivity contribution in [3.8, 4) is 5.75 Å². The summed E-state index contributed by atoms with van der Waals surface area (Å²) in [5.41, 5.74) is 0. The molecule has 2 aromatic rings. The molecule has 0 bridgehead atoms. The van der Waals surface area contributed by atoms with Crippen LogP contribution in [-0.4, -0.2) is 10.9 Å². The van der Waals surface area contributed by atoms with Gasteiger partial charge in [-0.2, -0.15) is 8.78 Å². The monoisotopic (exact) mass is 391 g/mol. The van der Waals surface area contributed by atoms with E-state index in [9.17, 15) is 22.0 Å². The van der Waals surface area contributed by atoms with Gasteiger partial charge >= 0.3 is 0 Å². The first-order valence-corrected chi connectivity index (χ1v) is 7.39. The normalized spacial score (nSPS) is 10.9. The Balaban J connectivity index is 2.13. The molecule has 0 spiro atoms. The maximum atomic E-state index is 13.3. The Labute approximate surface area is 126 Å². The van der Waals surface area contributed by atoms with E-state index < -0.39 is 34.8 Å². The summed E-state index contributed by atoms with van der Waals surface area (Å²) in [7, 11) is 0. The molecule has 0 unspecified atom stereocenters. The second-order valence-electron chi connectivity index (χ2n) is 3.24. The number of aromatic nitrogens is 1. The van der Waals surface area contributed by atoms with Crippen molar-refractivity contribution in [3.63, 3.8) is 0 Å². The maximum Gasteiger partial charge on any atom is 0.207 e. The molecule has 108 valence electrons. The molecule has 0 radical (unpaired) electrons. The van der Waals surface area contributed by atoms with Crippen LogP contribution < -0.4 is 4.74 Å². The highest BCUT2D eigenvalue weighted by Crippen LogP contribution is 2.32. The van der Waals surface area contributed by atoms with Gasteiger partial charge in [0, 0.05) is 0 Å². The van der Waals surface area contributed by atoms with Gasteiger partial charge in [0.1, 0.15) is 5.94 Å². The van der Waals surface area contributed by atoms with Crippen LogP contribution in [0.3, 0.4) is 0 Å². The highest BCUT2D eigenvalue weighted by molar-refractivity contribution is 9.11. The molecule has 0 aliphatic rings. The summed E-state index contributed by atoms with van der Waals surface area (Å²) in [6, 6.07) is 0. The number of thiazole rings is 1. The van der Waals surface area contributed by atoms with E-state index >= 15 is 0 Å². The lowest BCUT2D eigenvalue weighted by molar-refractivity contribution is 0.301. The molecule has 0 aliphatic heterocycles. The van der Waals surface area contributed by atoms with Crippen LogP contribution in [0.1, 0.15) is 0 Å². The van der Waals surface area contributed by atoms with Crippen LogP contribution in [0, 0.1) is 29.1 Å². The smallest absolute Gasteiger partial charge is 0.207 e.